The third kappa shape index (κ3) is 1.93. The van der Waals surface area contributed by atoms with Gasteiger partial charge in [0.25, 0.3) is 0 Å². The largest absolute Gasteiger partial charge is 0.387 e. The molecule has 0 aliphatic carbocycles. The summed E-state index contributed by atoms with van der Waals surface area (Å²) in [5.74, 6) is 0. The van der Waals surface area contributed by atoms with Crippen LogP contribution >= 0.6 is 0 Å². The van der Waals surface area contributed by atoms with Gasteiger partial charge in [0.1, 0.15) is 5.69 Å². The van der Waals surface area contributed by atoms with Crippen LogP contribution in [0.5, 0.6) is 0 Å². The molecule has 14 heavy (non-hydrogen) atoms. The fraction of sp³-hybridized carbons (Fsp3) is 0.778. The first-order valence-corrected chi connectivity index (χ1v) is 4.95. The number of hydrogen-bond donors (Lipinski definition) is 1. The van der Waals surface area contributed by atoms with Gasteiger partial charge in [-0.2, -0.15) is 0 Å². The van der Waals surface area contributed by atoms with Crippen LogP contribution in [0, 0.1) is 0 Å². The second-order valence-corrected chi connectivity index (χ2v) is 3.64. The molecule has 1 aliphatic heterocycles. The van der Waals surface area contributed by atoms with E-state index in [-0.39, 0.29) is 0 Å². The van der Waals surface area contributed by atoms with Crippen LogP contribution in [0.25, 0.3) is 0 Å². The zero-order chi connectivity index (χ0) is 9.97. The minimum Gasteiger partial charge on any atom is -0.387 e. The highest BCUT2D eigenvalue weighted by Crippen LogP contribution is 2.20. The highest BCUT2D eigenvalue weighted by Gasteiger charge is 2.17. The topological polar surface area (TPSA) is 60.2 Å². The van der Waals surface area contributed by atoms with E-state index in [0.29, 0.717) is 11.7 Å². The van der Waals surface area contributed by atoms with Gasteiger partial charge < -0.3 is 9.84 Å². The van der Waals surface area contributed by atoms with E-state index in [1.54, 1.807) is 6.92 Å². The summed E-state index contributed by atoms with van der Waals surface area (Å²) in [7, 11) is 0. The Morgan fingerprint density at radius 3 is 2.86 bits per heavy atom. The molecule has 1 aromatic heterocycles. The first kappa shape index (κ1) is 9.61. The van der Waals surface area contributed by atoms with E-state index in [2.05, 4.69) is 10.3 Å². The Balaban J connectivity index is 2.07. The molecule has 1 aromatic rings. The van der Waals surface area contributed by atoms with Crippen LogP contribution < -0.4 is 0 Å². The number of ether oxygens (including phenoxy) is 1. The first-order chi connectivity index (χ1) is 6.77. The highest BCUT2D eigenvalue weighted by molar-refractivity contribution is 4.96. The van der Waals surface area contributed by atoms with Gasteiger partial charge in [-0.25, -0.2) is 4.68 Å². The number of aliphatic hydroxyl groups is 1. The molecular weight excluding hydrogens is 182 g/mol. The van der Waals surface area contributed by atoms with Gasteiger partial charge in [-0.05, 0) is 19.8 Å². The van der Waals surface area contributed by atoms with Gasteiger partial charge in [0.05, 0.1) is 18.3 Å². The Morgan fingerprint density at radius 1 is 1.57 bits per heavy atom. The van der Waals surface area contributed by atoms with E-state index in [9.17, 15) is 5.11 Å². The fourth-order valence-corrected chi connectivity index (χ4v) is 1.61. The van der Waals surface area contributed by atoms with Crippen molar-refractivity contribution in [2.45, 2.75) is 31.9 Å². The van der Waals surface area contributed by atoms with Crippen molar-refractivity contribution in [1.29, 1.82) is 0 Å². The summed E-state index contributed by atoms with van der Waals surface area (Å²) in [6.07, 6.45) is 3.23. The Bertz CT molecular complexity index is 292. The third-order valence-corrected chi connectivity index (χ3v) is 2.52. The second-order valence-electron chi connectivity index (χ2n) is 3.64. The van der Waals surface area contributed by atoms with E-state index in [0.717, 1.165) is 26.1 Å². The van der Waals surface area contributed by atoms with Crippen LogP contribution in [-0.4, -0.2) is 33.3 Å². The van der Waals surface area contributed by atoms with E-state index in [1.165, 1.54) is 0 Å². The summed E-state index contributed by atoms with van der Waals surface area (Å²) >= 11 is 0. The molecule has 0 bridgehead atoms. The van der Waals surface area contributed by atoms with Crippen LogP contribution in [0.2, 0.25) is 0 Å². The number of aliphatic hydroxyl groups excluding tert-OH is 1. The summed E-state index contributed by atoms with van der Waals surface area (Å²) in [5, 5.41) is 17.2. The van der Waals surface area contributed by atoms with E-state index in [4.69, 9.17) is 4.74 Å². The molecule has 0 spiro atoms. The lowest BCUT2D eigenvalue weighted by molar-refractivity contribution is 0.0657. The SMILES string of the molecule is C[C@H](O)c1cn(C2CCOCC2)nn1. The van der Waals surface area contributed by atoms with Crippen LogP contribution in [0.4, 0.5) is 0 Å². The van der Waals surface area contributed by atoms with Gasteiger partial charge in [0.2, 0.25) is 0 Å². The van der Waals surface area contributed by atoms with E-state index >= 15 is 0 Å². The lowest BCUT2D eigenvalue weighted by atomic mass is 10.1. The number of nitrogens with zero attached hydrogens (tertiary/aromatic N) is 3. The molecule has 0 amide bonds. The smallest absolute Gasteiger partial charge is 0.111 e. The third-order valence-electron chi connectivity index (χ3n) is 2.52. The Labute approximate surface area is 82.7 Å². The van der Waals surface area contributed by atoms with Crippen molar-refractivity contribution in [3.8, 4) is 0 Å². The molecule has 78 valence electrons. The quantitative estimate of drug-likeness (QED) is 0.757. The van der Waals surface area contributed by atoms with Gasteiger partial charge >= 0.3 is 0 Å². The number of rotatable bonds is 2. The fourth-order valence-electron chi connectivity index (χ4n) is 1.61. The van der Waals surface area contributed by atoms with E-state index in [1.807, 2.05) is 10.9 Å². The summed E-state index contributed by atoms with van der Waals surface area (Å²) in [5.41, 5.74) is 0.636. The molecule has 1 N–H and O–H groups in total. The maximum atomic E-state index is 9.29. The number of hydrogen-bond acceptors (Lipinski definition) is 4. The molecule has 2 rings (SSSR count). The predicted molar refractivity (Wildman–Crippen MR) is 49.7 cm³/mol. The second kappa shape index (κ2) is 4.06. The minimum atomic E-state index is -0.538. The Hall–Kier alpha value is -0.940. The molecule has 5 heteroatoms. The molecular formula is C9H15N3O2. The Kier molecular flexibility index (Phi) is 2.79. The molecule has 5 nitrogen and oxygen atoms in total. The standard InChI is InChI=1S/C9H15N3O2/c1-7(13)9-6-12(11-10-9)8-2-4-14-5-3-8/h6-8,13H,2-5H2,1H3/t7-/m0/s1. The van der Waals surface area contributed by atoms with Crippen LogP contribution in [0.3, 0.4) is 0 Å². The summed E-state index contributed by atoms with van der Waals surface area (Å²) in [6.45, 7) is 3.27. The van der Waals surface area contributed by atoms with Crippen molar-refractivity contribution in [3.63, 3.8) is 0 Å². The van der Waals surface area contributed by atoms with Crippen LogP contribution in [0.15, 0.2) is 6.20 Å². The van der Waals surface area contributed by atoms with Crippen molar-refractivity contribution < 1.29 is 9.84 Å². The average molecular weight is 197 g/mol. The van der Waals surface area contributed by atoms with Gasteiger partial charge in [-0.1, -0.05) is 5.21 Å². The van der Waals surface area contributed by atoms with Gasteiger partial charge in [0, 0.05) is 13.2 Å². The first-order valence-electron chi connectivity index (χ1n) is 4.95. The minimum absolute atomic E-state index is 0.378. The van der Waals surface area contributed by atoms with Gasteiger partial charge in [-0.3, -0.25) is 0 Å². The molecule has 0 unspecified atom stereocenters. The molecule has 0 saturated carbocycles. The molecule has 2 heterocycles. The highest BCUT2D eigenvalue weighted by atomic mass is 16.5. The Morgan fingerprint density at radius 2 is 2.29 bits per heavy atom. The van der Waals surface area contributed by atoms with Crippen LogP contribution in [-0.2, 0) is 4.74 Å². The summed E-state index contributed by atoms with van der Waals surface area (Å²) < 4.78 is 7.10. The maximum Gasteiger partial charge on any atom is 0.111 e. The summed E-state index contributed by atoms with van der Waals surface area (Å²) in [6, 6.07) is 0.378. The maximum absolute atomic E-state index is 9.29. The lowest BCUT2D eigenvalue weighted by Gasteiger charge is -2.21. The molecule has 1 aliphatic rings. The van der Waals surface area contributed by atoms with Gasteiger partial charge in [-0.15, -0.1) is 5.10 Å². The van der Waals surface area contributed by atoms with Crippen molar-refractivity contribution in [3.05, 3.63) is 11.9 Å². The normalized spacial score (nSPS) is 21.0. The van der Waals surface area contributed by atoms with Crippen molar-refractivity contribution in [2.24, 2.45) is 0 Å². The monoisotopic (exact) mass is 197 g/mol. The number of aromatic nitrogens is 3. The van der Waals surface area contributed by atoms with Crippen LogP contribution in [0.1, 0.15) is 37.6 Å². The average Bonchev–Trinajstić information content (AvgIpc) is 2.68. The molecule has 1 atom stereocenters. The van der Waals surface area contributed by atoms with Gasteiger partial charge in [0.15, 0.2) is 0 Å². The molecule has 1 fully saturated rings. The zero-order valence-corrected chi connectivity index (χ0v) is 8.26. The molecule has 0 aromatic carbocycles. The molecule has 1 saturated heterocycles. The summed E-state index contributed by atoms with van der Waals surface area (Å²) in [4.78, 5) is 0. The van der Waals surface area contributed by atoms with Crippen molar-refractivity contribution >= 4 is 0 Å². The van der Waals surface area contributed by atoms with Crippen molar-refractivity contribution in [2.75, 3.05) is 13.2 Å². The molecule has 0 radical (unpaired) electrons. The van der Waals surface area contributed by atoms with Crippen molar-refractivity contribution in [1.82, 2.24) is 15.0 Å². The van der Waals surface area contributed by atoms with E-state index < -0.39 is 6.10 Å². The predicted octanol–water partition coefficient (Wildman–Crippen LogP) is 0.683. The lowest BCUT2D eigenvalue weighted by Crippen LogP contribution is -2.20. The zero-order valence-electron chi connectivity index (χ0n) is 8.26.